The second kappa shape index (κ2) is 6.66. The van der Waals surface area contributed by atoms with E-state index in [9.17, 15) is 18.5 Å². The zero-order valence-electron chi connectivity index (χ0n) is 12.6. The monoisotopic (exact) mass is 337 g/mol. The molecule has 0 aliphatic carbocycles. The van der Waals surface area contributed by atoms with Crippen molar-refractivity contribution < 1.29 is 22.8 Å². The Labute approximate surface area is 133 Å². The number of ether oxygens (including phenoxy) is 2. The molecule has 2 aromatic rings. The fourth-order valence-corrected chi connectivity index (χ4v) is 3.56. The van der Waals surface area contributed by atoms with E-state index >= 15 is 0 Å². The molecule has 0 aromatic heterocycles. The van der Waals surface area contributed by atoms with Crippen molar-refractivity contribution in [1.29, 1.82) is 0 Å². The topological polar surface area (TPSA) is 95.7 Å². The van der Waals surface area contributed by atoms with Gasteiger partial charge in [-0.05, 0) is 23.8 Å². The number of nitro benzene ring substituents is 1. The molecule has 8 heteroatoms. The summed E-state index contributed by atoms with van der Waals surface area (Å²) >= 11 is 0. The van der Waals surface area contributed by atoms with Crippen LogP contribution >= 0.6 is 0 Å². The SMILES string of the molecule is COc1ccc(CS(=O)(=O)c2ccc([N+](=O)[O-])cc2OC)cc1. The molecular formula is C15H15NO6S. The van der Waals surface area contributed by atoms with Gasteiger partial charge in [0, 0.05) is 6.07 Å². The smallest absolute Gasteiger partial charge is 0.273 e. The van der Waals surface area contributed by atoms with E-state index in [0.29, 0.717) is 11.3 Å². The predicted octanol–water partition coefficient (Wildman–Crippen LogP) is 2.59. The molecule has 0 bridgehead atoms. The first-order valence-electron chi connectivity index (χ1n) is 6.55. The van der Waals surface area contributed by atoms with Gasteiger partial charge in [-0.2, -0.15) is 0 Å². The van der Waals surface area contributed by atoms with Gasteiger partial charge >= 0.3 is 0 Å². The van der Waals surface area contributed by atoms with Crippen LogP contribution in [0.1, 0.15) is 5.56 Å². The molecule has 0 atom stereocenters. The lowest BCUT2D eigenvalue weighted by molar-refractivity contribution is -0.385. The maximum absolute atomic E-state index is 12.5. The van der Waals surface area contributed by atoms with Crippen LogP contribution in [-0.4, -0.2) is 27.6 Å². The van der Waals surface area contributed by atoms with E-state index in [1.54, 1.807) is 24.3 Å². The Kier molecular flexibility index (Phi) is 4.85. The van der Waals surface area contributed by atoms with Crippen LogP contribution in [0, 0.1) is 10.1 Å². The first kappa shape index (κ1) is 16.8. The molecule has 0 amide bonds. The zero-order chi connectivity index (χ0) is 17.0. The van der Waals surface area contributed by atoms with Crippen molar-refractivity contribution in [1.82, 2.24) is 0 Å². The Balaban J connectivity index is 2.36. The number of nitrogens with zero attached hydrogens (tertiary/aromatic N) is 1. The molecule has 23 heavy (non-hydrogen) atoms. The quantitative estimate of drug-likeness (QED) is 0.594. The van der Waals surface area contributed by atoms with E-state index in [-0.39, 0.29) is 22.1 Å². The lowest BCUT2D eigenvalue weighted by Gasteiger charge is -2.10. The Hall–Kier alpha value is -2.61. The van der Waals surface area contributed by atoms with E-state index in [1.165, 1.54) is 20.3 Å². The lowest BCUT2D eigenvalue weighted by atomic mass is 10.2. The fourth-order valence-electron chi connectivity index (χ4n) is 2.05. The highest BCUT2D eigenvalue weighted by Crippen LogP contribution is 2.30. The molecule has 0 fully saturated rings. The summed E-state index contributed by atoms with van der Waals surface area (Å²) in [5.41, 5.74) is 0.344. The Morgan fingerprint density at radius 1 is 1.04 bits per heavy atom. The molecule has 0 aliphatic rings. The molecule has 122 valence electrons. The van der Waals surface area contributed by atoms with Crippen LogP contribution in [0.2, 0.25) is 0 Å². The minimum Gasteiger partial charge on any atom is -0.497 e. The third-order valence-electron chi connectivity index (χ3n) is 3.21. The van der Waals surface area contributed by atoms with E-state index in [2.05, 4.69) is 0 Å². The van der Waals surface area contributed by atoms with Crippen molar-refractivity contribution in [3.63, 3.8) is 0 Å². The molecule has 2 rings (SSSR count). The van der Waals surface area contributed by atoms with E-state index in [0.717, 1.165) is 12.1 Å². The van der Waals surface area contributed by atoms with Gasteiger partial charge in [0.1, 0.15) is 16.4 Å². The Morgan fingerprint density at radius 2 is 1.70 bits per heavy atom. The summed E-state index contributed by atoms with van der Waals surface area (Å²) in [6.07, 6.45) is 0. The minimum absolute atomic E-state index is 0.0484. The number of benzene rings is 2. The van der Waals surface area contributed by atoms with Gasteiger partial charge in [0.05, 0.1) is 31.0 Å². The van der Waals surface area contributed by atoms with E-state index in [4.69, 9.17) is 9.47 Å². The van der Waals surface area contributed by atoms with Crippen molar-refractivity contribution in [2.75, 3.05) is 14.2 Å². The third kappa shape index (κ3) is 3.78. The molecule has 7 nitrogen and oxygen atoms in total. The zero-order valence-corrected chi connectivity index (χ0v) is 13.4. The van der Waals surface area contributed by atoms with Crippen LogP contribution in [0.25, 0.3) is 0 Å². The molecule has 0 saturated carbocycles. The summed E-state index contributed by atoms with van der Waals surface area (Å²) in [5.74, 6) is 0.331. The summed E-state index contributed by atoms with van der Waals surface area (Å²) in [6.45, 7) is 0. The molecule has 0 saturated heterocycles. The van der Waals surface area contributed by atoms with Crippen LogP contribution in [0.3, 0.4) is 0 Å². The molecule has 0 spiro atoms. The molecule has 0 heterocycles. The molecule has 0 N–H and O–H groups in total. The fraction of sp³-hybridized carbons (Fsp3) is 0.200. The molecule has 0 aliphatic heterocycles. The molecular weight excluding hydrogens is 322 g/mol. The maximum atomic E-state index is 12.5. The molecule has 2 aromatic carbocycles. The van der Waals surface area contributed by atoms with Gasteiger partial charge in [0.2, 0.25) is 0 Å². The second-order valence-corrected chi connectivity index (χ2v) is 6.66. The van der Waals surface area contributed by atoms with Crippen LogP contribution in [0.5, 0.6) is 11.5 Å². The first-order valence-corrected chi connectivity index (χ1v) is 8.20. The number of hydrogen-bond donors (Lipinski definition) is 0. The van der Waals surface area contributed by atoms with Crippen molar-refractivity contribution >= 4 is 15.5 Å². The number of sulfone groups is 1. The largest absolute Gasteiger partial charge is 0.497 e. The van der Waals surface area contributed by atoms with E-state index < -0.39 is 14.8 Å². The molecule has 0 radical (unpaired) electrons. The van der Waals surface area contributed by atoms with Crippen LogP contribution in [0.4, 0.5) is 5.69 Å². The highest BCUT2D eigenvalue weighted by atomic mass is 32.2. The standard InChI is InChI=1S/C15H15NO6S/c1-21-13-6-3-11(4-7-13)10-23(19,20)15-8-5-12(16(17)18)9-14(15)22-2/h3-9H,10H2,1-2H3. The highest BCUT2D eigenvalue weighted by molar-refractivity contribution is 7.90. The highest BCUT2D eigenvalue weighted by Gasteiger charge is 2.22. The normalized spacial score (nSPS) is 11.0. The maximum Gasteiger partial charge on any atom is 0.273 e. The number of nitro groups is 1. The average Bonchev–Trinajstić information content (AvgIpc) is 2.54. The van der Waals surface area contributed by atoms with Crippen LogP contribution in [-0.2, 0) is 15.6 Å². The minimum atomic E-state index is -3.71. The summed E-state index contributed by atoms with van der Waals surface area (Å²) in [7, 11) is -0.916. The number of methoxy groups -OCH3 is 2. The van der Waals surface area contributed by atoms with Crippen molar-refractivity contribution in [2.45, 2.75) is 10.6 Å². The molecule has 0 unspecified atom stereocenters. The van der Waals surface area contributed by atoms with Gasteiger partial charge < -0.3 is 9.47 Å². The van der Waals surface area contributed by atoms with Gasteiger partial charge in [-0.25, -0.2) is 8.42 Å². The first-order chi connectivity index (χ1) is 10.9. The summed E-state index contributed by atoms with van der Waals surface area (Å²) in [4.78, 5) is 10.1. The van der Waals surface area contributed by atoms with Gasteiger partial charge in [0.15, 0.2) is 9.84 Å². The van der Waals surface area contributed by atoms with Gasteiger partial charge in [-0.1, -0.05) is 12.1 Å². The van der Waals surface area contributed by atoms with Crippen LogP contribution in [0.15, 0.2) is 47.4 Å². The van der Waals surface area contributed by atoms with Gasteiger partial charge in [-0.3, -0.25) is 10.1 Å². The van der Waals surface area contributed by atoms with Gasteiger partial charge in [-0.15, -0.1) is 0 Å². The third-order valence-corrected chi connectivity index (χ3v) is 4.93. The van der Waals surface area contributed by atoms with Gasteiger partial charge in [0.25, 0.3) is 5.69 Å². The summed E-state index contributed by atoms with van der Waals surface area (Å²) in [6, 6.07) is 10.1. The second-order valence-electron chi connectivity index (χ2n) is 4.70. The van der Waals surface area contributed by atoms with Crippen molar-refractivity contribution in [2.24, 2.45) is 0 Å². The summed E-state index contributed by atoms with van der Waals surface area (Å²) in [5, 5.41) is 10.8. The Bertz CT molecular complexity index is 814. The lowest BCUT2D eigenvalue weighted by Crippen LogP contribution is -2.07. The predicted molar refractivity (Wildman–Crippen MR) is 83.5 cm³/mol. The number of hydrogen-bond acceptors (Lipinski definition) is 6. The summed E-state index contributed by atoms with van der Waals surface area (Å²) < 4.78 is 35.1. The van der Waals surface area contributed by atoms with Crippen LogP contribution < -0.4 is 9.47 Å². The van der Waals surface area contributed by atoms with Crippen molar-refractivity contribution in [3.8, 4) is 11.5 Å². The average molecular weight is 337 g/mol. The number of rotatable bonds is 6. The Morgan fingerprint density at radius 3 is 2.22 bits per heavy atom. The van der Waals surface area contributed by atoms with Crippen molar-refractivity contribution in [3.05, 3.63) is 58.1 Å². The number of non-ortho nitro benzene ring substituents is 1. The van der Waals surface area contributed by atoms with E-state index in [1.807, 2.05) is 0 Å².